The van der Waals surface area contributed by atoms with Crippen LogP contribution in [-0.4, -0.2) is 15.3 Å². The van der Waals surface area contributed by atoms with Crippen molar-refractivity contribution in [2.24, 2.45) is 7.05 Å². The highest BCUT2D eigenvalue weighted by atomic mass is 16.1. The van der Waals surface area contributed by atoms with Gasteiger partial charge in [-0.05, 0) is 24.3 Å². The molecule has 1 aromatic carbocycles. The van der Waals surface area contributed by atoms with Crippen molar-refractivity contribution in [3.8, 4) is 0 Å². The van der Waals surface area contributed by atoms with Gasteiger partial charge in [-0.1, -0.05) is 6.58 Å². The maximum atomic E-state index is 11.4. The minimum Gasteiger partial charge on any atom is -0.306 e. The monoisotopic (exact) mass is 202 g/mol. The van der Waals surface area contributed by atoms with Crippen molar-refractivity contribution >= 4 is 16.8 Å². The molecule has 2 aromatic rings. The molecule has 0 aliphatic heterocycles. The van der Waals surface area contributed by atoms with Crippen molar-refractivity contribution in [2.45, 2.75) is 0 Å². The van der Waals surface area contributed by atoms with E-state index in [2.05, 4.69) is 11.6 Å². The molecule has 0 saturated heterocycles. The number of nitrogens with zero attached hydrogens (tertiary/aromatic N) is 1. The molecule has 1 aromatic heterocycles. The van der Waals surface area contributed by atoms with E-state index in [0.29, 0.717) is 11.1 Å². The molecule has 0 atom stereocenters. The van der Waals surface area contributed by atoms with Crippen molar-refractivity contribution < 1.29 is 4.79 Å². The van der Waals surface area contributed by atoms with E-state index in [0.717, 1.165) is 5.52 Å². The lowest BCUT2D eigenvalue weighted by Crippen LogP contribution is -2.11. The molecule has 0 aliphatic rings. The Bertz CT molecular complexity index is 605. The van der Waals surface area contributed by atoms with Crippen molar-refractivity contribution in [1.29, 1.82) is 0 Å². The lowest BCUT2D eigenvalue weighted by atomic mass is 10.1. The van der Waals surface area contributed by atoms with Crippen LogP contribution in [0, 0.1) is 0 Å². The van der Waals surface area contributed by atoms with Crippen LogP contribution in [0.5, 0.6) is 0 Å². The van der Waals surface area contributed by atoms with Crippen LogP contribution in [0.4, 0.5) is 0 Å². The fourth-order valence-corrected chi connectivity index (χ4v) is 1.49. The number of aromatic nitrogens is 2. The molecule has 4 nitrogen and oxygen atoms in total. The number of fused-ring (bicyclic) bond motifs is 1. The first kappa shape index (κ1) is 9.45. The molecule has 0 spiro atoms. The average molecular weight is 202 g/mol. The van der Waals surface area contributed by atoms with E-state index in [-0.39, 0.29) is 11.5 Å². The second-order valence-electron chi connectivity index (χ2n) is 3.29. The first-order valence-corrected chi connectivity index (χ1v) is 4.49. The zero-order valence-electron chi connectivity index (χ0n) is 8.28. The van der Waals surface area contributed by atoms with Crippen LogP contribution in [0.15, 0.2) is 35.6 Å². The van der Waals surface area contributed by atoms with Gasteiger partial charge in [-0.15, -0.1) is 0 Å². The zero-order valence-corrected chi connectivity index (χ0v) is 8.28. The summed E-state index contributed by atoms with van der Waals surface area (Å²) >= 11 is 0. The summed E-state index contributed by atoms with van der Waals surface area (Å²) in [4.78, 5) is 25.3. The summed E-state index contributed by atoms with van der Waals surface area (Å²) in [6.45, 7) is 3.42. The number of benzene rings is 1. The van der Waals surface area contributed by atoms with Gasteiger partial charge in [0.25, 0.3) is 0 Å². The van der Waals surface area contributed by atoms with Crippen LogP contribution in [0.1, 0.15) is 10.4 Å². The van der Waals surface area contributed by atoms with Crippen LogP contribution in [-0.2, 0) is 7.05 Å². The predicted octanol–water partition coefficient (Wildman–Crippen LogP) is 1.24. The molecular weight excluding hydrogens is 192 g/mol. The van der Waals surface area contributed by atoms with Crippen LogP contribution < -0.4 is 5.69 Å². The number of H-pyrrole nitrogens is 1. The van der Waals surface area contributed by atoms with Gasteiger partial charge in [-0.25, -0.2) is 4.79 Å². The summed E-state index contributed by atoms with van der Waals surface area (Å²) in [5.74, 6) is -0.148. The van der Waals surface area contributed by atoms with Gasteiger partial charge in [0, 0.05) is 12.6 Å². The van der Waals surface area contributed by atoms with Gasteiger partial charge in [0.2, 0.25) is 0 Å². The zero-order chi connectivity index (χ0) is 11.0. The second-order valence-corrected chi connectivity index (χ2v) is 3.29. The van der Waals surface area contributed by atoms with E-state index in [1.807, 2.05) is 0 Å². The van der Waals surface area contributed by atoms with Crippen molar-refractivity contribution in [3.05, 3.63) is 46.9 Å². The van der Waals surface area contributed by atoms with Crippen molar-refractivity contribution in [3.63, 3.8) is 0 Å². The van der Waals surface area contributed by atoms with Gasteiger partial charge >= 0.3 is 5.69 Å². The number of aryl methyl sites for hydroxylation is 1. The topological polar surface area (TPSA) is 54.9 Å². The van der Waals surface area contributed by atoms with Gasteiger partial charge in [0.1, 0.15) is 0 Å². The summed E-state index contributed by atoms with van der Waals surface area (Å²) in [6.07, 6.45) is 1.26. The molecule has 1 heterocycles. The highest BCUT2D eigenvalue weighted by molar-refractivity contribution is 6.05. The largest absolute Gasteiger partial charge is 0.326 e. The number of nitrogens with one attached hydrogen (secondary N) is 1. The Morgan fingerprint density at radius 2 is 2.27 bits per heavy atom. The molecule has 2 rings (SSSR count). The molecule has 0 unspecified atom stereocenters. The van der Waals surface area contributed by atoms with Crippen LogP contribution in [0.3, 0.4) is 0 Å². The molecule has 0 bridgehead atoms. The van der Waals surface area contributed by atoms with Crippen molar-refractivity contribution in [2.75, 3.05) is 0 Å². The van der Waals surface area contributed by atoms with Crippen LogP contribution >= 0.6 is 0 Å². The lowest BCUT2D eigenvalue weighted by Gasteiger charge is -1.97. The van der Waals surface area contributed by atoms with E-state index >= 15 is 0 Å². The Morgan fingerprint density at radius 3 is 2.93 bits per heavy atom. The Kier molecular flexibility index (Phi) is 2.04. The number of allylic oxidation sites excluding steroid dienone is 1. The third-order valence-corrected chi connectivity index (χ3v) is 2.38. The highest BCUT2D eigenvalue weighted by Gasteiger charge is 2.06. The summed E-state index contributed by atoms with van der Waals surface area (Å²) in [5.41, 5.74) is 1.79. The minimum atomic E-state index is -0.187. The van der Waals surface area contributed by atoms with Gasteiger partial charge in [0.05, 0.1) is 11.0 Å². The van der Waals surface area contributed by atoms with E-state index < -0.39 is 0 Å². The molecule has 0 fully saturated rings. The summed E-state index contributed by atoms with van der Waals surface area (Å²) in [5, 5.41) is 0. The molecule has 4 heteroatoms. The van der Waals surface area contributed by atoms with Gasteiger partial charge in [0.15, 0.2) is 5.78 Å². The first-order chi connectivity index (χ1) is 7.13. The Morgan fingerprint density at radius 1 is 1.53 bits per heavy atom. The van der Waals surface area contributed by atoms with Crippen LogP contribution in [0.2, 0.25) is 0 Å². The number of rotatable bonds is 2. The first-order valence-electron chi connectivity index (χ1n) is 4.49. The number of carbonyl (C=O) groups is 1. The summed E-state index contributed by atoms with van der Waals surface area (Å²) in [6, 6.07) is 5.06. The van der Waals surface area contributed by atoms with Gasteiger partial charge in [-0.2, -0.15) is 0 Å². The molecule has 0 amide bonds. The summed E-state index contributed by atoms with van der Waals surface area (Å²) < 4.78 is 1.47. The Labute approximate surface area is 85.8 Å². The molecule has 0 saturated carbocycles. The van der Waals surface area contributed by atoms with E-state index in [4.69, 9.17) is 0 Å². The number of hydrogen-bond donors (Lipinski definition) is 1. The van der Waals surface area contributed by atoms with Gasteiger partial charge < -0.3 is 4.98 Å². The molecule has 15 heavy (non-hydrogen) atoms. The molecule has 76 valence electrons. The summed E-state index contributed by atoms with van der Waals surface area (Å²) in [7, 11) is 1.66. The normalized spacial score (nSPS) is 10.5. The molecule has 0 aliphatic carbocycles. The molecule has 1 N–H and O–H groups in total. The molecule has 0 radical (unpaired) electrons. The second kappa shape index (κ2) is 3.24. The fourth-order valence-electron chi connectivity index (χ4n) is 1.49. The number of ketones is 1. The Balaban J connectivity index is 2.74. The third-order valence-electron chi connectivity index (χ3n) is 2.38. The number of aromatic amines is 1. The maximum absolute atomic E-state index is 11.4. The smallest absolute Gasteiger partial charge is 0.306 e. The predicted molar refractivity (Wildman–Crippen MR) is 58.1 cm³/mol. The van der Waals surface area contributed by atoms with E-state index in [1.165, 1.54) is 10.6 Å². The fraction of sp³-hybridized carbons (Fsp3) is 0.0909. The third kappa shape index (κ3) is 1.40. The highest BCUT2D eigenvalue weighted by Crippen LogP contribution is 2.12. The lowest BCUT2D eigenvalue weighted by molar-refractivity contribution is 0.104. The average Bonchev–Trinajstić information content (AvgIpc) is 2.54. The number of hydrogen-bond acceptors (Lipinski definition) is 2. The van der Waals surface area contributed by atoms with E-state index in [1.54, 1.807) is 25.2 Å². The van der Waals surface area contributed by atoms with E-state index in [9.17, 15) is 9.59 Å². The van der Waals surface area contributed by atoms with Crippen molar-refractivity contribution in [1.82, 2.24) is 9.55 Å². The minimum absolute atomic E-state index is 0.148. The van der Waals surface area contributed by atoms with Crippen LogP contribution in [0.25, 0.3) is 11.0 Å². The Hall–Kier alpha value is -2.10. The number of carbonyl (C=O) groups excluding carboxylic acids is 1. The molecular formula is C11H10N2O2. The SMILES string of the molecule is C=CC(=O)c1ccc2[nH]c(=O)n(C)c2c1. The maximum Gasteiger partial charge on any atom is 0.326 e. The van der Waals surface area contributed by atoms with Gasteiger partial charge in [-0.3, -0.25) is 9.36 Å². The quantitative estimate of drug-likeness (QED) is 0.588. The number of imidazole rings is 1. The standard InChI is InChI=1S/C11H10N2O2/c1-3-10(14)7-4-5-8-9(6-7)13(2)11(15)12-8/h3-6H,1H2,2H3,(H,12,15).